The fraction of sp³-hybridized carbons (Fsp3) is 0.333. The summed E-state index contributed by atoms with van der Waals surface area (Å²) in [6.07, 6.45) is 0.222. The summed E-state index contributed by atoms with van der Waals surface area (Å²) in [5.74, 6) is -0.296. The first-order valence-corrected chi connectivity index (χ1v) is 10.2. The Morgan fingerprint density at radius 3 is 2.39 bits per heavy atom. The minimum atomic E-state index is -0.182. The molecular formula is C21H25BrN4O2. The highest BCUT2D eigenvalue weighted by Gasteiger charge is 2.17. The number of carbonyl (C=O) groups is 2. The summed E-state index contributed by atoms with van der Waals surface area (Å²) in [6, 6.07) is 15.0. The van der Waals surface area contributed by atoms with E-state index in [4.69, 9.17) is 0 Å². The van der Waals surface area contributed by atoms with E-state index in [1.165, 1.54) is 0 Å². The van der Waals surface area contributed by atoms with Gasteiger partial charge in [-0.25, -0.2) is 0 Å². The van der Waals surface area contributed by atoms with Crippen molar-refractivity contribution in [1.82, 2.24) is 10.2 Å². The predicted molar refractivity (Wildman–Crippen MR) is 116 cm³/mol. The van der Waals surface area contributed by atoms with E-state index in [0.29, 0.717) is 5.56 Å². The summed E-state index contributed by atoms with van der Waals surface area (Å²) >= 11 is 3.34. The predicted octanol–water partition coefficient (Wildman–Crippen LogP) is 2.96. The van der Waals surface area contributed by atoms with Crippen molar-refractivity contribution in [2.75, 3.05) is 50.0 Å². The van der Waals surface area contributed by atoms with E-state index in [2.05, 4.69) is 43.4 Å². The Balaban J connectivity index is 1.51. The lowest BCUT2D eigenvalue weighted by atomic mass is 10.2. The SMILES string of the molecule is CN1CCN(c2ccccc2NC(=O)CCNC(=O)c2ccc(Br)cc2)CC1. The van der Waals surface area contributed by atoms with Crippen LogP contribution in [-0.2, 0) is 4.79 Å². The zero-order valence-electron chi connectivity index (χ0n) is 16.0. The van der Waals surface area contributed by atoms with Gasteiger partial charge < -0.3 is 20.4 Å². The van der Waals surface area contributed by atoms with E-state index in [1.807, 2.05) is 36.4 Å². The molecule has 0 radical (unpaired) electrons. The van der Waals surface area contributed by atoms with Crippen LogP contribution in [-0.4, -0.2) is 56.5 Å². The minimum Gasteiger partial charge on any atom is -0.367 e. The summed E-state index contributed by atoms with van der Waals surface area (Å²) in [7, 11) is 2.12. The van der Waals surface area contributed by atoms with Gasteiger partial charge in [0.15, 0.2) is 0 Å². The molecule has 0 saturated carbocycles. The number of rotatable bonds is 6. The van der Waals surface area contributed by atoms with Crippen LogP contribution >= 0.6 is 15.9 Å². The van der Waals surface area contributed by atoms with E-state index in [-0.39, 0.29) is 24.8 Å². The lowest BCUT2D eigenvalue weighted by Gasteiger charge is -2.35. The third-order valence-electron chi connectivity index (χ3n) is 4.77. The number of nitrogens with one attached hydrogen (secondary N) is 2. The molecule has 1 aliphatic heterocycles. The Labute approximate surface area is 174 Å². The average Bonchev–Trinajstić information content (AvgIpc) is 2.69. The number of hydrogen-bond acceptors (Lipinski definition) is 4. The number of hydrogen-bond donors (Lipinski definition) is 2. The number of piperazine rings is 1. The van der Waals surface area contributed by atoms with Crippen molar-refractivity contribution in [3.63, 3.8) is 0 Å². The number of carbonyl (C=O) groups excluding carboxylic acids is 2. The van der Waals surface area contributed by atoms with Crippen LogP contribution in [0.1, 0.15) is 16.8 Å². The highest BCUT2D eigenvalue weighted by Crippen LogP contribution is 2.26. The fourth-order valence-corrected chi connectivity index (χ4v) is 3.37. The third kappa shape index (κ3) is 5.56. The van der Waals surface area contributed by atoms with E-state index in [9.17, 15) is 9.59 Å². The topological polar surface area (TPSA) is 64.7 Å². The summed E-state index contributed by atoms with van der Waals surface area (Å²) < 4.78 is 0.919. The monoisotopic (exact) mass is 444 g/mol. The molecule has 0 aromatic heterocycles. The highest BCUT2D eigenvalue weighted by atomic mass is 79.9. The quantitative estimate of drug-likeness (QED) is 0.718. The molecule has 2 N–H and O–H groups in total. The lowest BCUT2D eigenvalue weighted by molar-refractivity contribution is -0.116. The molecule has 2 aromatic carbocycles. The van der Waals surface area contributed by atoms with Crippen LogP contribution < -0.4 is 15.5 Å². The first-order valence-electron chi connectivity index (χ1n) is 9.39. The van der Waals surface area contributed by atoms with Gasteiger partial charge in [-0.2, -0.15) is 0 Å². The standard InChI is InChI=1S/C21H25BrN4O2/c1-25-12-14-26(15-13-25)19-5-3-2-4-18(19)24-20(27)10-11-23-21(28)16-6-8-17(22)9-7-16/h2-9H,10-15H2,1H3,(H,23,28)(H,24,27). The fourth-order valence-electron chi connectivity index (χ4n) is 3.11. The van der Waals surface area contributed by atoms with Crippen molar-refractivity contribution in [3.8, 4) is 0 Å². The molecule has 2 aromatic rings. The van der Waals surface area contributed by atoms with Crippen molar-refractivity contribution in [2.45, 2.75) is 6.42 Å². The summed E-state index contributed by atoms with van der Waals surface area (Å²) in [5.41, 5.74) is 2.43. The molecular weight excluding hydrogens is 420 g/mol. The summed E-state index contributed by atoms with van der Waals surface area (Å²) in [6.45, 7) is 4.17. The van der Waals surface area contributed by atoms with Gasteiger partial charge in [0, 0.05) is 49.2 Å². The van der Waals surface area contributed by atoms with E-state index in [1.54, 1.807) is 12.1 Å². The van der Waals surface area contributed by atoms with Crippen molar-refractivity contribution in [1.29, 1.82) is 0 Å². The smallest absolute Gasteiger partial charge is 0.251 e. The van der Waals surface area contributed by atoms with Gasteiger partial charge in [-0.15, -0.1) is 0 Å². The Morgan fingerprint density at radius 1 is 1.00 bits per heavy atom. The molecule has 0 bridgehead atoms. The molecule has 6 nitrogen and oxygen atoms in total. The second kappa shape index (κ2) is 9.71. The van der Waals surface area contributed by atoms with Gasteiger partial charge in [0.05, 0.1) is 11.4 Å². The molecule has 2 amide bonds. The number of halogens is 1. The first-order chi connectivity index (χ1) is 13.5. The average molecular weight is 445 g/mol. The van der Waals surface area contributed by atoms with Crippen molar-refractivity contribution >= 4 is 39.1 Å². The largest absolute Gasteiger partial charge is 0.367 e. The second-order valence-corrected chi connectivity index (χ2v) is 7.78. The normalized spacial score (nSPS) is 14.6. The molecule has 1 fully saturated rings. The molecule has 1 heterocycles. The maximum absolute atomic E-state index is 12.4. The Morgan fingerprint density at radius 2 is 1.68 bits per heavy atom. The molecule has 1 saturated heterocycles. The molecule has 0 aliphatic carbocycles. The molecule has 28 heavy (non-hydrogen) atoms. The summed E-state index contributed by atoms with van der Waals surface area (Å²) in [4.78, 5) is 29.1. The van der Waals surface area contributed by atoms with Crippen LogP contribution in [0.2, 0.25) is 0 Å². The number of nitrogens with zero attached hydrogens (tertiary/aromatic N) is 2. The first kappa shape index (κ1) is 20.4. The van der Waals surface area contributed by atoms with Crippen molar-refractivity contribution in [3.05, 3.63) is 58.6 Å². The minimum absolute atomic E-state index is 0.113. The van der Waals surface area contributed by atoms with Crippen molar-refractivity contribution < 1.29 is 9.59 Å². The highest BCUT2D eigenvalue weighted by molar-refractivity contribution is 9.10. The van der Waals surface area contributed by atoms with Crippen LogP contribution in [0.3, 0.4) is 0 Å². The van der Waals surface area contributed by atoms with Gasteiger partial charge in [0.25, 0.3) is 5.91 Å². The van der Waals surface area contributed by atoms with Gasteiger partial charge in [-0.1, -0.05) is 28.1 Å². The Bertz CT molecular complexity index is 817. The molecule has 0 unspecified atom stereocenters. The number of anilines is 2. The van der Waals surface area contributed by atoms with Gasteiger partial charge in [-0.05, 0) is 43.4 Å². The van der Waals surface area contributed by atoms with Crippen LogP contribution in [0.4, 0.5) is 11.4 Å². The van der Waals surface area contributed by atoms with Crippen LogP contribution in [0.5, 0.6) is 0 Å². The molecule has 148 valence electrons. The van der Waals surface area contributed by atoms with E-state index in [0.717, 1.165) is 42.0 Å². The number of likely N-dealkylation sites (N-methyl/N-ethyl adjacent to an activating group) is 1. The second-order valence-electron chi connectivity index (χ2n) is 6.87. The lowest BCUT2D eigenvalue weighted by Crippen LogP contribution is -2.44. The number of para-hydroxylation sites is 2. The zero-order valence-corrected chi connectivity index (χ0v) is 17.5. The van der Waals surface area contributed by atoms with Gasteiger partial charge >= 0.3 is 0 Å². The van der Waals surface area contributed by atoms with Crippen molar-refractivity contribution in [2.24, 2.45) is 0 Å². The maximum Gasteiger partial charge on any atom is 0.251 e. The van der Waals surface area contributed by atoms with E-state index >= 15 is 0 Å². The molecule has 0 atom stereocenters. The van der Waals surface area contributed by atoms with Crippen LogP contribution in [0, 0.1) is 0 Å². The van der Waals surface area contributed by atoms with E-state index < -0.39 is 0 Å². The summed E-state index contributed by atoms with van der Waals surface area (Å²) in [5, 5.41) is 5.78. The molecule has 1 aliphatic rings. The van der Waals surface area contributed by atoms with Crippen LogP contribution in [0.15, 0.2) is 53.0 Å². The number of benzene rings is 2. The Kier molecular flexibility index (Phi) is 7.06. The maximum atomic E-state index is 12.4. The molecule has 3 rings (SSSR count). The number of amides is 2. The Hall–Kier alpha value is -2.38. The van der Waals surface area contributed by atoms with Crippen LogP contribution in [0.25, 0.3) is 0 Å². The zero-order chi connectivity index (χ0) is 19.9. The molecule has 7 heteroatoms. The molecule has 0 spiro atoms. The third-order valence-corrected chi connectivity index (χ3v) is 5.29. The van der Waals surface area contributed by atoms with Gasteiger partial charge in [0.1, 0.15) is 0 Å². The van der Waals surface area contributed by atoms with Gasteiger partial charge in [-0.3, -0.25) is 9.59 Å². The van der Waals surface area contributed by atoms with Gasteiger partial charge in [0.2, 0.25) is 5.91 Å².